The third-order valence-corrected chi connectivity index (χ3v) is 4.71. The van der Waals surface area contributed by atoms with Crippen LogP contribution in [0.15, 0.2) is 48.5 Å². The molecule has 0 aliphatic carbocycles. The number of nitrogens with one attached hydrogen (secondary N) is 2. The molecule has 3 rings (SSSR count). The van der Waals surface area contributed by atoms with Gasteiger partial charge in [0.1, 0.15) is 17.5 Å². The van der Waals surface area contributed by atoms with E-state index < -0.39 is 17.7 Å². The summed E-state index contributed by atoms with van der Waals surface area (Å²) in [5, 5.41) is 9.62. The minimum Gasteiger partial charge on any atom is -0.328 e. The number of benzene rings is 2. The zero-order chi connectivity index (χ0) is 21.5. The van der Waals surface area contributed by atoms with Crippen molar-refractivity contribution < 1.29 is 18.0 Å². The molecule has 2 aromatic carbocycles. The van der Waals surface area contributed by atoms with Crippen molar-refractivity contribution in [2.75, 3.05) is 18.9 Å². The number of urea groups is 1. The monoisotopic (exact) mass is 416 g/mol. The predicted octanol–water partition coefficient (Wildman–Crippen LogP) is 5.37. The molecule has 0 aliphatic heterocycles. The maximum absolute atomic E-state index is 13.6. The van der Waals surface area contributed by atoms with Crippen LogP contribution in [0.5, 0.6) is 0 Å². The number of carbonyl (C=O) groups is 1. The Kier molecular flexibility index (Phi) is 7.11. The van der Waals surface area contributed by atoms with E-state index >= 15 is 0 Å². The summed E-state index contributed by atoms with van der Waals surface area (Å²) in [5.74, 6) is -1.81. The molecule has 0 atom stereocenters. The summed E-state index contributed by atoms with van der Waals surface area (Å²) in [6.45, 7) is 0.506. The van der Waals surface area contributed by atoms with Gasteiger partial charge in [0.2, 0.25) is 0 Å². The van der Waals surface area contributed by atoms with Gasteiger partial charge in [-0.1, -0.05) is 18.6 Å². The number of carbonyl (C=O) groups excluding carboxylic acids is 1. The second-order valence-corrected chi connectivity index (χ2v) is 7.08. The van der Waals surface area contributed by atoms with E-state index in [1.807, 2.05) is 12.1 Å². The fourth-order valence-electron chi connectivity index (χ4n) is 3.03. The maximum atomic E-state index is 13.6. The molecule has 30 heavy (non-hydrogen) atoms. The molecule has 5 nitrogen and oxygen atoms in total. The van der Waals surface area contributed by atoms with Gasteiger partial charge in [-0.05, 0) is 49.6 Å². The van der Waals surface area contributed by atoms with Gasteiger partial charge in [0.05, 0.1) is 11.4 Å². The van der Waals surface area contributed by atoms with Crippen LogP contribution in [0.4, 0.5) is 23.7 Å². The molecule has 0 unspecified atom stereocenters. The Hall–Kier alpha value is -3.29. The van der Waals surface area contributed by atoms with Crippen LogP contribution >= 0.6 is 0 Å². The lowest BCUT2D eigenvalue weighted by molar-refractivity contribution is 0.221. The van der Waals surface area contributed by atoms with Crippen molar-refractivity contribution in [3.8, 4) is 11.3 Å². The summed E-state index contributed by atoms with van der Waals surface area (Å²) in [6, 6.07) is 10.8. The van der Waals surface area contributed by atoms with Gasteiger partial charge in [-0.25, -0.2) is 18.0 Å². The topological polar surface area (TPSA) is 61.0 Å². The van der Waals surface area contributed by atoms with Crippen LogP contribution in [-0.2, 0) is 6.42 Å². The Labute approximate surface area is 172 Å². The molecule has 0 spiro atoms. The van der Waals surface area contributed by atoms with E-state index in [0.29, 0.717) is 12.2 Å². The lowest BCUT2D eigenvalue weighted by Crippen LogP contribution is -2.32. The van der Waals surface area contributed by atoms with Crippen LogP contribution in [0.2, 0.25) is 0 Å². The summed E-state index contributed by atoms with van der Waals surface area (Å²) >= 11 is 0. The predicted molar refractivity (Wildman–Crippen MR) is 110 cm³/mol. The van der Waals surface area contributed by atoms with Crippen molar-refractivity contribution in [1.29, 1.82) is 0 Å². The van der Waals surface area contributed by atoms with Gasteiger partial charge in [0.25, 0.3) is 0 Å². The normalized spacial score (nSPS) is 10.8. The SMILES string of the molecule is CN(CCCCCc1cc(-c2cccc(F)c2)n[nH]1)C(=O)Nc1ccc(F)cc1F. The largest absolute Gasteiger partial charge is 0.328 e. The van der Waals surface area contributed by atoms with E-state index in [1.165, 1.54) is 23.1 Å². The first-order valence-electron chi connectivity index (χ1n) is 9.70. The van der Waals surface area contributed by atoms with Crippen molar-refractivity contribution in [2.45, 2.75) is 25.7 Å². The quantitative estimate of drug-likeness (QED) is 0.485. The molecule has 0 bridgehead atoms. The third kappa shape index (κ3) is 5.85. The van der Waals surface area contributed by atoms with Crippen molar-refractivity contribution >= 4 is 11.7 Å². The summed E-state index contributed by atoms with van der Waals surface area (Å²) in [7, 11) is 1.62. The fraction of sp³-hybridized carbons (Fsp3) is 0.273. The van der Waals surface area contributed by atoms with Gasteiger partial charge in [-0.3, -0.25) is 5.10 Å². The van der Waals surface area contributed by atoms with Gasteiger partial charge in [0, 0.05) is 30.9 Å². The van der Waals surface area contributed by atoms with E-state index in [-0.39, 0.29) is 11.5 Å². The molecule has 2 amide bonds. The van der Waals surface area contributed by atoms with Crippen molar-refractivity contribution in [2.24, 2.45) is 0 Å². The number of nitrogens with zero attached hydrogens (tertiary/aromatic N) is 2. The minimum atomic E-state index is -0.811. The van der Waals surface area contributed by atoms with Crippen molar-refractivity contribution in [3.05, 3.63) is 71.7 Å². The van der Waals surface area contributed by atoms with E-state index in [0.717, 1.165) is 49.1 Å². The highest BCUT2D eigenvalue weighted by molar-refractivity contribution is 5.89. The van der Waals surface area contributed by atoms with Gasteiger partial charge in [-0.15, -0.1) is 0 Å². The number of anilines is 1. The lowest BCUT2D eigenvalue weighted by atomic mass is 10.1. The first-order valence-corrected chi connectivity index (χ1v) is 9.70. The number of aromatic nitrogens is 2. The zero-order valence-electron chi connectivity index (χ0n) is 16.6. The fourth-order valence-corrected chi connectivity index (χ4v) is 3.03. The van der Waals surface area contributed by atoms with Crippen LogP contribution in [0.3, 0.4) is 0 Å². The molecular formula is C22H23F3N4O. The van der Waals surface area contributed by atoms with Crippen LogP contribution < -0.4 is 5.32 Å². The second kappa shape index (κ2) is 9.96. The summed E-state index contributed by atoms with van der Waals surface area (Å²) < 4.78 is 39.9. The van der Waals surface area contributed by atoms with E-state index in [2.05, 4.69) is 15.5 Å². The van der Waals surface area contributed by atoms with Crippen molar-refractivity contribution in [3.63, 3.8) is 0 Å². The third-order valence-electron chi connectivity index (χ3n) is 4.71. The Balaban J connectivity index is 1.38. The highest BCUT2D eigenvalue weighted by atomic mass is 19.1. The van der Waals surface area contributed by atoms with E-state index in [9.17, 15) is 18.0 Å². The van der Waals surface area contributed by atoms with Gasteiger partial charge >= 0.3 is 6.03 Å². The van der Waals surface area contributed by atoms with Crippen LogP contribution in [0, 0.1) is 17.5 Å². The average molecular weight is 416 g/mol. The van der Waals surface area contributed by atoms with Gasteiger partial charge in [0.15, 0.2) is 0 Å². The summed E-state index contributed by atoms with van der Waals surface area (Å²) in [6.07, 6.45) is 3.35. The van der Waals surface area contributed by atoms with Gasteiger partial charge in [-0.2, -0.15) is 5.10 Å². The van der Waals surface area contributed by atoms with E-state index in [1.54, 1.807) is 13.1 Å². The molecule has 0 fully saturated rings. The lowest BCUT2D eigenvalue weighted by Gasteiger charge is -2.18. The Morgan fingerprint density at radius 3 is 2.60 bits per heavy atom. The molecule has 158 valence electrons. The highest BCUT2D eigenvalue weighted by Gasteiger charge is 2.12. The van der Waals surface area contributed by atoms with E-state index in [4.69, 9.17) is 0 Å². The Morgan fingerprint density at radius 1 is 1.03 bits per heavy atom. The van der Waals surface area contributed by atoms with Crippen LogP contribution in [-0.4, -0.2) is 34.7 Å². The number of amides is 2. The number of aromatic amines is 1. The average Bonchev–Trinajstić information content (AvgIpc) is 3.18. The van der Waals surface area contributed by atoms with Gasteiger partial charge < -0.3 is 10.2 Å². The molecule has 2 N–H and O–H groups in total. The zero-order valence-corrected chi connectivity index (χ0v) is 16.6. The molecule has 0 saturated carbocycles. The second-order valence-electron chi connectivity index (χ2n) is 7.08. The molecule has 0 saturated heterocycles. The molecule has 0 aliphatic rings. The first kappa shape index (κ1) is 21.4. The molecule has 1 heterocycles. The minimum absolute atomic E-state index is 0.0541. The number of hydrogen-bond acceptors (Lipinski definition) is 2. The number of H-pyrrole nitrogens is 1. The van der Waals surface area contributed by atoms with Crippen LogP contribution in [0.1, 0.15) is 25.0 Å². The number of rotatable bonds is 8. The van der Waals surface area contributed by atoms with Crippen LogP contribution in [0.25, 0.3) is 11.3 Å². The molecule has 0 radical (unpaired) electrons. The molecule has 1 aromatic heterocycles. The summed E-state index contributed by atoms with van der Waals surface area (Å²) in [5.41, 5.74) is 2.34. The first-order chi connectivity index (χ1) is 14.4. The summed E-state index contributed by atoms with van der Waals surface area (Å²) in [4.78, 5) is 13.6. The molecule has 8 heteroatoms. The number of halogens is 3. The standard InChI is InChI=1S/C22H23F3N4O/c1-29(22(30)26-20-10-9-17(24)13-19(20)25)11-4-2-3-8-18-14-21(28-27-18)15-6-5-7-16(23)12-15/h5-7,9-10,12-14H,2-4,8,11H2,1H3,(H,26,30)(H,27,28). The maximum Gasteiger partial charge on any atom is 0.321 e. The Morgan fingerprint density at radius 2 is 1.83 bits per heavy atom. The number of aryl methyl sites for hydroxylation is 1. The number of unbranched alkanes of at least 4 members (excludes halogenated alkanes) is 2. The molecule has 3 aromatic rings. The smallest absolute Gasteiger partial charge is 0.321 e. The van der Waals surface area contributed by atoms with Crippen molar-refractivity contribution in [1.82, 2.24) is 15.1 Å². The highest BCUT2D eigenvalue weighted by Crippen LogP contribution is 2.19. The molecular weight excluding hydrogens is 393 g/mol. The Bertz CT molecular complexity index is 1010. The number of hydrogen-bond donors (Lipinski definition) is 2.